The molecule has 0 atom stereocenters. The molecule has 0 saturated carbocycles. The molecule has 0 radical (unpaired) electrons. The summed E-state index contributed by atoms with van der Waals surface area (Å²) in [6.45, 7) is 2.10. The van der Waals surface area contributed by atoms with Crippen molar-refractivity contribution >= 4 is 28.7 Å². The van der Waals surface area contributed by atoms with Crippen LogP contribution in [0.25, 0.3) is 0 Å². The van der Waals surface area contributed by atoms with Crippen LogP contribution in [0.4, 0.5) is 28.9 Å². The number of hydrogen-bond donors (Lipinski definition) is 2. The van der Waals surface area contributed by atoms with Crippen LogP contribution in [0.1, 0.15) is 25.3 Å². The van der Waals surface area contributed by atoms with Crippen LogP contribution in [0.2, 0.25) is 0 Å². The van der Waals surface area contributed by atoms with Gasteiger partial charge in [-0.1, -0.05) is 25.5 Å². The average molecular weight is 356 g/mol. The molecule has 2 aromatic carbocycles. The van der Waals surface area contributed by atoms with Crippen molar-refractivity contribution in [1.29, 1.82) is 0 Å². The van der Waals surface area contributed by atoms with Gasteiger partial charge in [0, 0.05) is 11.8 Å². The number of unbranched alkanes of at least 4 members (excludes halogenated alkanes) is 1. The first-order valence-electron chi connectivity index (χ1n) is 7.42. The Morgan fingerprint density at radius 1 is 0.958 bits per heavy atom. The van der Waals surface area contributed by atoms with E-state index in [4.69, 9.17) is 12.2 Å². The summed E-state index contributed by atoms with van der Waals surface area (Å²) in [6, 6.07) is 7.48. The molecule has 0 bridgehead atoms. The number of nitrogens with one attached hydrogen (secondary N) is 2. The van der Waals surface area contributed by atoms with Crippen molar-refractivity contribution in [1.82, 2.24) is 0 Å². The number of aryl methyl sites for hydroxylation is 1. The van der Waals surface area contributed by atoms with Crippen molar-refractivity contribution in [3.05, 3.63) is 59.2 Å². The fraction of sp³-hybridized carbons (Fsp3) is 0.235. The molecule has 0 aliphatic rings. The zero-order chi connectivity index (χ0) is 17.7. The number of rotatable bonds is 5. The Bertz CT molecular complexity index is 706. The molecular formula is C17H16F4N2S. The fourth-order valence-corrected chi connectivity index (χ4v) is 2.31. The first kappa shape index (κ1) is 18.2. The van der Waals surface area contributed by atoms with Gasteiger partial charge in [-0.15, -0.1) is 0 Å². The van der Waals surface area contributed by atoms with Crippen molar-refractivity contribution < 1.29 is 17.6 Å². The van der Waals surface area contributed by atoms with Crippen LogP contribution in [0, 0.1) is 23.3 Å². The highest BCUT2D eigenvalue weighted by molar-refractivity contribution is 7.80. The third-order valence-corrected chi connectivity index (χ3v) is 3.59. The standard InChI is InChI=1S/C17H16F4N2S/c1-2-3-4-10-5-7-11(8-6-10)22-17(24)23-16-14(20)12(18)9-13(19)15(16)21/h5-9H,2-4H2,1H3,(H2,22,23,24). The van der Waals surface area contributed by atoms with Crippen molar-refractivity contribution in [3.63, 3.8) is 0 Å². The van der Waals surface area contributed by atoms with Gasteiger partial charge in [-0.3, -0.25) is 0 Å². The topological polar surface area (TPSA) is 24.1 Å². The minimum absolute atomic E-state index is 0.140. The highest BCUT2D eigenvalue weighted by Gasteiger charge is 2.19. The molecule has 0 aromatic heterocycles. The maximum Gasteiger partial charge on any atom is 0.185 e. The Balaban J connectivity index is 2.06. The van der Waals surface area contributed by atoms with E-state index in [1.807, 2.05) is 12.1 Å². The Labute approximate surface area is 142 Å². The number of benzene rings is 2. The second-order valence-electron chi connectivity index (χ2n) is 5.22. The first-order valence-corrected chi connectivity index (χ1v) is 7.83. The quantitative estimate of drug-likeness (QED) is 0.426. The van der Waals surface area contributed by atoms with E-state index in [1.54, 1.807) is 12.1 Å². The van der Waals surface area contributed by atoms with E-state index in [2.05, 4.69) is 17.6 Å². The molecule has 0 spiro atoms. The molecule has 0 saturated heterocycles. The van der Waals surface area contributed by atoms with Gasteiger partial charge in [0.2, 0.25) is 0 Å². The summed E-state index contributed by atoms with van der Waals surface area (Å²) in [6.07, 6.45) is 3.13. The lowest BCUT2D eigenvalue weighted by Gasteiger charge is -2.13. The van der Waals surface area contributed by atoms with Gasteiger partial charge in [-0.25, -0.2) is 17.6 Å². The SMILES string of the molecule is CCCCc1ccc(NC(=S)Nc2c(F)c(F)cc(F)c2F)cc1. The van der Waals surface area contributed by atoms with E-state index in [0.717, 1.165) is 24.8 Å². The predicted molar refractivity (Wildman–Crippen MR) is 91.2 cm³/mol. The van der Waals surface area contributed by atoms with Crippen molar-refractivity contribution in [2.75, 3.05) is 10.6 Å². The van der Waals surface area contributed by atoms with E-state index in [9.17, 15) is 17.6 Å². The minimum Gasteiger partial charge on any atom is -0.332 e. The van der Waals surface area contributed by atoms with Gasteiger partial charge in [0.05, 0.1) is 0 Å². The van der Waals surface area contributed by atoms with Gasteiger partial charge in [0.25, 0.3) is 0 Å². The van der Waals surface area contributed by atoms with Crippen LogP contribution >= 0.6 is 12.2 Å². The van der Waals surface area contributed by atoms with E-state index >= 15 is 0 Å². The van der Waals surface area contributed by atoms with Gasteiger partial charge in [0.15, 0.2) is 28.4 Å². The molecule has 2 N–H and O–H groups in total. The molecule has 7 heteroatoms. The lowest BCUT2D eigenvalue weighted by Crippen LogP contribution is -2.21. The maximum absolute atomic E-state index is 13.6. The summed E-state index contributed by atoms with van der Waals surface area (Å²) in [5.74, 6) is -6.07. The molecular weight excluding hydrogens is 340 g/mol. The molecule has 128 valence electrons. The third-order valence-electron chi connectivity index (χ3n) is 3.38. The van der Waals surface area contributed by atoms with Gasteiger partial charge in [-0.05, 0) is 42.8 Å². The molecule has 2 aromatic rings. The molecule has 0 aliphatic carbocycles. The molecule has 0 amide bonds. The van der Waals surface area contributed by atoms with Crippen LogP contribution in [-0.4, -0.2) is 5.11 Å². The highest BCUT2D eigenvalue weighted by Crippen LogP contribution is 2.24. The van der Waals surface area contributed by atoms with E-state index < -0.39 is 29.0 Å². The number of thiocarbonyl (C=S) groups is 1. The van der Waals surface area contributed by atoms with E-state index in [0.29, 0.717) is 5.69 Å². The predicted octanol–water partition coefficient (Wildman–Crippen LogP) is 5.39. The van der Waals surface area contributed by atoms with Gasteiger partial charge >= 0.3 is 0 Å². The van der Waals surface area contributed by atoms with Crippen molar-refractivity contribution in [2.45, 2.75) is 26.2 Å². The van der Waals surface area contributed by atoms with Crippen molar-refractivity contribution in [3.8, 4) is 0 Å². The second-order valence-corrected chi connectivity index (χ2v) is 5.63. The fourth-order valence-electron chi connectivity index (χ4n) is 2.09. The van der Waals surface area contributed by atoms with E-state index in [-0.39, 0.29) is 11.2 Å². The monoisotopic (exact) mass is 356 g/mol. The third kappa shape index (κ3) is 4.44. The number of hydrogen-bond acceptors (Lipinski definition) is 1. The normalized spacial score (nSPS) is 10.5. The summed E-state index contributed by atoms with van der Waals surface area (Å²) in [4.78, 5) is 0. The van der Waals surface area contributed by atoms with Crippen LogP contribution in [0.15, 0.2) is 30.3 Å². The Hall–Kier alpha value is -2.15. The zero-order valence-electron chi connectivity index (χ0n) is 12.9. The zero-order valence-corrected chi connectivity index (χ0v) is 13.7. The molecule has 0 aliphatic heterocycles. The Kier molecular flexibility index (Phi) is 6.14. The van der Waals surface area contributed by atoms with E-state index in [1.165, 1.54) is 0 Å². The molecule has 0 heterocycles. The Morgan fingerprint density at radius 2 is 1.54 bits per heavy atom. The number of halogens is 4. The summed E-state index contributed by atoms with van der Waals surface area (Å²) in [7, 11) is 0. The van der Waals surface area contributed by atoms with Gasteiger partial charge < -0.3 is 10.6 Å². The summed E-state index contributed by atoms with van der Waals surface area (Å²) in [5.41, 5.74) is 0.778. The van der Waals surface area contributed by atoms with Gasteiger partial charge in [0.1, 0.15) is 5.69 Å². The molecule has 24 heavy (non-hydrogen) atoms. The highest BCUT2D eigenvalue weighted by atomic mass is 32.1. The molecule has 2 nitrogen and oxygen atoms in total. The van der Waals surface area contributed by atoms with Crippen molar-refractivity contribution in [2.24, 2.45) is 0 Å². The lowest BCUT2D eigenvalue weighted by molar-refractivity contribution is 0.459. The smallest absolute Gasteiger partial charge is 0.185 e. The van der Waals surface area contributed by atoms with Crippen LogP contribution in [0.3, 0.4) is 0 Å². The van der Waals surface area contributed by atoms with Crippen LogP contribution in [-0.2, 0) is 6.42 Å². The summed E-state index contributed by atoms with van der Waals surface area (Å²) in [5, 5.41) is 4.68. The van der Waals surface area contributed by atoms with Gasteiger partial charge in [-0.2, -0.15) is 0 Å². The number of anilines is 2. The minimum atomic E-state index is -1.53. The summed E-state index contributed by atoms with van der Waals surface area (Å²) < 4.78 is 53.5. The average Bonchev–Trinajstić information content (AvgIpc) is 2.56. The maximum atomic E-state index is 13.6. The Morgan fingerprint density at radius 3 is 2.08 bits per heavy atom. The second kappa shape index (κ2) is 8.10. The molecule has 0 unspecified atom stereocenters. The first-order chi connectivity index (χ1) is 11.4. The lowest BCUT2D eigenvalue weighted by atomic mass is 10.1. The molecule has 0 fully saturated rings. The van der Waals surface area contributed by atoms with Crippen LogP contribution < -0.4 is 10.6 Å². The van der Waals surface area contributed by atoms with Crippen LogP contribution in [0.5, 0.6) is 0 Å². The molecule has 2 rings (SSSR count). The summed E-state index contributed by atoms with van der Waals surface area (Å²) >= 11 is 4.93. The largest absolute Gasteiger partial charge is 0.332 e.